The Kier molecular flexibility index (Phi) is 18.1. The molecule has 0 aliphatic heterocycles. The van der Waals surface area contributed by atoms with Crippen molar-refractivity contribution in [3.05, 3.63) is 244 Å². The molecular formula is C68H72N4O. The molecule has 2 heterocycles. The van der Waals surface area contributed by atoms with Crippen molar-refractivity contribution in [1.82, 2.24) is 9.88 Å². The number of allylic oxidation sites excluding steroid dienone is 5. The lowest BCUT2D eigenvalue weighted by atomic mass is 9.86. The van der Waals surface area contributed by atoms with Gasteiger partial charge in [0.15, 0.2) is 5.84 Å². The van der Waals surface area contributed by atoms with Gasteiger partial charge in [-0.05, 0) is 150 Å². The van der Waals surface area contributed by atoms with E-state index in [9.17, 15) is 0 Å². The van der Waals surface area contributed by atoms with Crippen molar-refractivity contribution in [1.29, 1.82) is 5.41 Å². The molecule has 5 nitrogen and oxygen atoms in total. The van der Waals surface area contributed by atoms with Crippen LogP contribution in [0.2, 0.25) is 0 Å². The number of aromatic nitrogens is 1. The van der Waals surface area contributed by atoms with Crippen LogP contribution < -0.4 is 5.32 Å². The van der Waals surface area contributed by atoms with Crippen molar-refractivity contribution in [2.24, 2.45) is 4.99 Å². The van der Waals surface area contributed by atoms with E-state index in [1.807, 2.05) is 52.0 Å². The summed E-state index contributed by atoms with van der Waals surface area (Å²) >= 11 is 0. The highest BCUT2D eigenvalue weighted by atomic mass is 16.3. The van der Waals surface area contributed by atoms with Crippen LogP contribution in [0.15, 0.2) is 198 Å². The zero-order chi connectivity index (χ0) is 52.0. The summed E-state index contributed by atoms with van der Waals surface area (Å²) in [6.07, 6.45) is 7.07. The van der Waals surface area contributed by atoms with Crippen molar-refractivity contribution in [2.75, 3.05) is 0 Å². The summed E-state index contributed by atoms with van der Waals surface area (Å²) in [5, 5.41) is 14.1. The van der Waals surface area contributed by atoms with Crippen LogP contribution in [0.1, 0.15) is 104 Å². The Bertz CT molecular complexity index is 3430. The Morgan fingerprint density at radius 2 is 1.40 bits per heavy atom. The number of benzene rings is 7. The summed E-state index contributed by atoms with van der Waals surface area (Å²) in [5.74, 6) is 1.27. The van der Waals surface area contributed by atoms with Gasteiger partial charge in [0, 0.05) is 58.4 Å². The first-order valence-electron chi connectivity index (χ1n) is 26.1. The number of aryl methyl sites for hydroxylation is 4. The second-order valence-corrected chi connectivity index (χ2v) is 17.9. The number of hydrogen-bond donors (Lipinski definition) is 2. The number of nitrogens with one attached hydrogen (secondary N) is 2. The second-order valence-electron chi connectivity index (χ2n) is 17.9. The molecule has 0 atom stereocenters. The van der Waals surface area contributed by atoms with E-state index in [0.717, 1.165) is 71.6 Å². The van der Waals surface area contributed by atoms with E-state index in [2.05, 4.69) is 214 Å². The van der Waals surface area contributed by atoms with Gasteiger partial charge in [-0.2, -0.15) is 0 Å². The number of fused-ring (bicyclic) bond motifs is 6. The van der Waals surface area contributed by atoms with Crippen LogP contribution in [-0.4, -0.2) is 17.1 Å². The van der Waals surface area contributed by atoms with E-state index in [1.54, 1.807) is 0 Å². The van der Waals surface area contributed by atoms with E-state index in [1.165, 1.54) is 83.2 Å². The highest BCUT2D eigenvalue weighted by molar-refractivity contribution is 6.08. The molecule has 2 aromatic heterocycles. The average molecular weight is 961 g/mol. The summed E-state index contributed by atoms with van der Waals surface area (Å²) in [4.78, 5) is 3.84. The number of amidine groups is 1. The third-order valence-electron chi connectivity index (χ3n) is 13.7. The maximum absolute atomic E-state index is 8.19. The van der Waals surface area contributed by atoms with Crippen LogP contribution in [0.3, 0.4) is 0 Å². The summed E-state index contributed by atoms with van der Waals surface area (Å²) in [5.41, 5.74) is 22.6. The molecule has 0 amide bonds. The number of para-hydroxylation sites is 1. The van der Waals surface area contributed by atoms with Gasteiger partial charge < -0.3 is 14.3 Å². The van der Waals surface area contributed by atoms with Gasteiger partial charge in [0.1, 0.15) is 11.3 Å². The van der Waals surface area contributed by atoms with E-state index < -0.39 is 0 Å². The largest absolute Gasteiger partial charge is 0.461 e. The molecule has 0 saturated heterocycles. The smallest absolute Gasteiger partial charge is 0.151 e. The predicted octanol–water partition coefficient (Wildman–Crippen LogP) is 18.1. The van der Waals surface area contributed by atoms with Gasteiger partial charge >= 0.3 is 0 Å². The van der Waals surface area contributed by atoms with Gasteiger partial charge in [-0.1, -0.05) is 181 Å². The Balaban J connectivity index is 0.000000260. The number of rotatable bonds is 12. The molecule has 0 fully saturated rings. The minimum Gasteiger partial charge on any atom is -0.461 e. The molecule has 73 heavy (non-hydrogen) atoms. The SMILES string of the molecule is C=C/C(=C(\C(C)=C/C)c1ccccc1C)c1cccc(-c2cccc3c4c(n(-c5ccc(C(=N)N=C)cc5)c23)CCc2ccccc2-4)c1.CC.CC.CCc1oc2cc(CNCc3ccccc3)ccc2c1C. The molecule has 370 valence electrons. The molecule has 0 unspecified atom stereocenters. The van der Waals surface area contributed by atoms with Gasteiger partial charge in [0.2, 0.25) is 0 Å². The lowest BCUT2D eigenvalue weighted by Gasteiger charge is -2.20. The molecule has 7 aromatic carbocycles. The molecular weight excluding hydrogens is 889 g/mol. The molecule has 1 aliphatic rings. The Morgan fingerprint density at radius 3 is 2.11 bits per heavy atom. The number of hydrogen-bond acceptors (Lipinski definition) is 3. The molecule has 0 spiro atoms. The Morgan fingerprint density at radius 1 is 0.712 bits per heavy atom. The Labute approximate surface area is 434 Å². The van der Waals surface area contributed by atoms with E-state index in [4.69, 9.17) is 9.83 Å². The molecule has 1 aliphatic carbocycles. The van der Waals surface area contributed by atoms with Crippen molar-refractivity contribution < 1.29 is 4.42 Å². The van der Waals surface area contributed by atoms with Gasteiger partial charge in [-0.3, -0.25) is 5.41 Å². The number of nitrogens with zero attached hydrogens (tertiary/aromatic N) is 2. The summed E-state index contributed by atoms with van der Waals surface area (Å²) in [6.45, 7) is 28.3. The summed E-state index contributed by atoms with van der Waals surface area (Å²) < 4.78 is 8.37. The van der Waals surface area contributed by atoms with Gasteiger partial charge in [0.25, 0.3) is 0 Å². The normalized spacial score (nSPS) is 11.9. The molecule has 0 saturated carbocycles. The highest BCUT2D eigenvalue weighted by Gasteiger charge is 2.27. The fraction of sp³-hybridized carbons (Fsp3) is 0.206. The average Bonchev–Trinajstić information content (AvgIpc) is 3.97. The first-order chi connectivity index (χ1) is 35.7. The second kappa shape index (κ2) is 25.0. The van der Waals surface area contributed by atoms with Crippen LogP contribution in [0.5, 0.6) is 0 Å². The Hall–Kier alpha value is -7.86. The van der Waals surface area contributed by atoms with Gasteiger partial charge in [-0.25, -0.2) is 4.99 Å². The van der Waals surface area contributed by atoms with Crippen LogP contribution >= 0.6 is 0 Å². The quantitative estimate of drug-likeness (QED) is 0.0554. The fourth-order valence-corrected chi connectivity index (χ4v) is 10.0. The number of aliphatic imine (C=N–C) groups is 1. The maximum Gasteiger partial charge on any atom is 0.151 e. The lowest BCUT2D eigenvalue weighted by Crippen LogP contribution is -2.12. The standard InChI is InChI=1S/C45H39N3.C19H21NO.2C2H6/c1-6-29(3)42(37-18-10-8-14-30(37)4)36(7-2)33-16-12-17-34(28-33)39-20-13-21-40-43-38-19-11-9-15-31(38)24-27-41(43)48(44(39)40)35-25-22-32(23-26-35)45(46)47-5;1-3-18-14(2)17-10-9-16(11-19(17)21-18)13-20-12-15-7-5-4-6-8-15;2*1-2/h6-23,25-26,28,46H,2,5,24,27H2,1,3-4H3;4-11,20H,3,12-13H2,1-2H3;2*1-2H3/b29-6-,42-36-,46-45?;;;. The fourth-order valence-electron chi connectivity index (χ4n) is 10.0. The monoisotopic (exact) mass is 961 g/mol. The van der Waals surface area contributed by atoms with Gasteiger partial charge in [0.05, 0.1) is 5.52 Å². The first-order valence-corrected chi connectivity index (χ1v) is 26.1. The van der Waals surface area contributed by atoms with Crippen LogP contribution in [0.4, 0.5) is 0 Å². The minimum absolute atomic E-state index is 0.177. The zero-order valence-electron chi connectivity index (χ0n) is 44.5. The molecule has 10 rings (SSSR count). The lowest BCUT2D eigenvalue weighted by molar-refractivity contribution is 0.552. The molecule has 9 aromatic rings. The first kappa shape index (κ1) is 53.0. The molecule has 0 radical (unpaired) electrons. The summed E-state index contributed by atoms with van der Waals surface area (Å²) in [7, 11) is 0. The molecule has 0 bridgehead atoms. The highest BCUT2D eigenvalue weighted by Crippen LogP contribution is 2.46. The predicted molar refractivity (Wildman–Crippen MR) is 316 cm³/mol. The van der Waals surface area contributed by atoms with Crippen LogP contribution in [0, 0.1) is 19.3 Å². The third kappa shape index (κ3) is 11.3. The van der Waals surface area contributed by atoms with Crippen molar-refractivity contribution in [2.45, 2.75) is 94.7 Å². The van der Waals surface area contributed by atoms with E-state index in [0.29, 0.717) is 0 Å². The molecule has 5 heteroatoms. The van der Waals surface area contributed by atoms with Crippen molar-refractivity contribution in [3.8, 4) is 27.9 Å². The third-order valence-corrected chi connectivity index (χ3v) is 13.7. The van der Waals surface area contributed by atoms with Crippen molar-refractivity contribution in [3.63, 3.8) is 0 Å². The molecule has 2 N–H and O–H groups in total. The van der Waals surface area contributed by atoms with Crippen LogP contribution in [-0.2, 0) is 32.4 Å². The van der Waals surface area contributed by atoms with E-state index >= 15 is 0 Å². The number of furan rings is 1. The van der Waals surface area contributed by atoms with Crippen LogP contribution in [0.25, 0.3) is 61.0 Å². The van der Waals surface area contributed by atoms with Gasteiger partial charge in [-0.15, -0.1) is 0 Å². The topological polar surface area (TPSA) is 66.3 Å². The van der Waals surface area contributed by atoms with Crippen molar-refractivity contribution >= 4 is 45.6 Å². The maximum atomic E-state index is 8.19. The zero-order valence-corrected chi connectivity index (χ0v) is 44.5. The van der Waals surface area contributed by atoms with E-state index in [-0.39, 0.29) is 5.84 Å². The minimum atomic E-state index is 0.177. The summed E-state index contributed by atoms with van der Waals surface area (Å²) in [6, 6.07) is 58.2.